The molecule has 0 aliphatic carbocycles. The van der Waals surface area contributed by atoms with Gasteiger partial charge in [-0.05, 0) is 25.3 Å². The Morgan fingerprint density at radius 3 is 1.16 bits per heavy atom. The molecule has 290 valence electrons. The lowest BCUT2D eigenvalue weighted by molar-refractivity contribution is -0.691. The molecule has 0 aliphatic heterocycles. The second kappa shape index (κ2) is 33.8. The van der Waals surface area contributed by atoms with Gasteiger partial charge in [0.2, 0.25) is 12.3 Å². The summed E-state index contributed by atoms with van der Waals surface area (Å²) in [5, 5.41) is 0. The summed E-state index contributed by atoms with van der Waals surface area (Å²) in [5.74, 6) is 0.216. The van der Waals surface area contributed by atoms with Crippen LogP contribution in [-0.4, -0.2) is 5.78 Å². The van der Waals surface area contributed by atoms with Crippen LogP contribution in [-0.2, 0) is 19.4 Å². The summed E-state index contributed by atoms with van der Waals surface area (Å²) < 4.78 is 2.28. The maximum Gasteiger partial charge on any atom is 0.227 e. The summed E-state index contributed by atoms with van der Waals surface area (Å²) in [4.78, 5) is 13.2. The Kier molecular flexibility index (Phi) is 30.0. The Morgan fingerprint density at radius 1 is 0.412 bits per heavy atom. The van der Waals surface area contributed by atoms with Gasteiger partial charge in [-0.1, -0.05) is 237 Å². The van der Waals surface area contributed by atoms with Crippen LogP contribution < -0.4 is 4.57 Å². The molecule has 0 saturated heterocycles. The summed E-state index contributed by atoms with van der Waals surface area (Å²) in [6.45, 7) is 5.05. The number of carbonyl (C=O) groups is 1. The van der Waals surface area contributed by atoms with Gasteiger partial charge in [-0.2, -0.15) is 4.57 Å². The minimum atomic E-state index is 0.216. The Balaban J connectivity index is 1.64. The van der Waals surface area contributed by atoms with Crippen molar-refractivity contribution in [3.05, 3.63) is 65.5 Å². The zero-order valence-electron chi connectivity index (χ0n) is 34.2. The van der Waals surface area contributed by atoms with Gasteiger partial charge in [0.15, 0.2) is 11.9 Å². The van der Waals surface area contributed by atoms with Gasteiger partial charge >= 0.3 is 0 Å². The van der Waals surface area contributed by atoms with Gasteiger partial charge in [0, 0.05) is 23.6 Å². The van der Waals surface area contributed by atoms with Gasteiger partial charge in [-0.25, -0.2) is 0 Å². The number of carbonyl (C=O) groups excluding carboxylic acids is 1. The third-order valence-corrected chi connectivity index (χ3v) is 11.3. The minimum absolute atomic E-state index is 0.216. The Morgan fingerprint density at radius 2 is 0.765 bits per heavy atom. The molecular weight excluding hydrogens is 619 g/mol. The Hall–Kier alpha value is -1.96. The molecule has 0 spiro atoms. The molecule has 0 fully saturated rings. The normalized spacial score (nSPS) is 11.4. The number of benzene rings is 1. The van der Waals surface area contributed by atoms with Crippen molar-refractivity contribution in [1.82, 2.24) is 0 Å². The maximum atomic E-state index is 13.2. The average molecular weight is 703 g/mol. The highest BCUT2D eigenvalue weighted by molar-refractivity contribution is 5.94. The van der Waals surface area contributed by atoms with E-state index in [1.165, 1.54) is 217 Å². The fourth-order valence-corrected chi connectivity index (χ4v) is 7.89. The minimum Gasteiger partial charge on any atom is -0.287 e. The van der Waals surface area contributed by atoms with E-state index in [2.05, 4.69) is 36.7 Å². The quantitative estimate of drug-likeness (QED) is 0.0390. The highest BCUT2D eigenvalue weighted by Gasteiger charge is 2.19. The number of aryl methyl sites for hydroxylation is 1. The van der Waals surface area contributed by atoms with Gasteiger partial charge in [0.1, 0.15) is 0 Å². The summed E-state index contributed by atoms with van der Waals surface area (Å²) in [7, 11) is 0. The van der Waals surface area contributed by atoms with E-state index in [-0.39, 0.29) is 5.78 Å². The molecule has 0 bridgehead atoms. The van der Waals surface area contributed by atoms with Crippen molar-refractivity contribution in [2.24, 2.45) is 0 Å². The van der Waals surface area contributed by atoms with Crippen molar-refractivity contribution in [3.8, 4) is 0 Å². The molecule has 0 saturated carbocycles. The van der Waals surface area contributed by atoms with Crippen molar-refractivity contribution < 1.29 is 9.36 Å². The van der Waals surface area contributed by atoms with E-state index >= 15 is 0 Å². The van der Waals surface area contributed by atoms with Gasteiger partial charge < -0.3 is 0 Å². The second-order valence-corrected chi connectivity index (χ2v) is 16.0. The molecule has 51 heavy (non-hydrogen) atoms. The van der Waals surface area contributed by atoms with E-state index in [4.69, 9.17) is 0 Å². The molecule has 0 radical (unpaired) electrons. The average Bonchev–Trinajstić information content (AvgIpc) is 3.15. The Bertz CT molecular complexity index is 1050. The van der Waals surface area contributed by atoms with Crippen LogP contribution in [0.4, 0.5) is 0 Å². The molecule has 0 N–H and O–H groups in total. The lowest BCUT2D eigenvalue weighted by Gasteiger charge is -2.10. The molecule has 1 aromatic heterocycles. The van der Waals surface area contributed by atoms with Crippen LogP contribution in [0, 0.1) is 0 Å². The third kappa shape index (κ3) is 24.8. The monoisotopic (exact) mass is 703 g/mol. The highest BCUT2D eigenvalue weighted by Crippen LogP contribution is 2.18. The van der Waals surface area contributed by atoms with Crippen molar-refractivity contribution in [2.75, 3.05) is 0 Å². The molecule has 2 rings (SSSR count). The van der Waals surface area contributed by atoms with Crippen molar-refractivity contribution in [1.29, 1.82) is 0 Å². The van der Waals surface area contributed by atoms with Crippen LogP contribution in [0.25, 0.3) is 0 Å². The third-order valence-electron chi connectivity index (χ3n) is 11.3. The zero-order chi connectivity index (χ0) is 36.3. The van der Waals surface area contributed by atoms with E-state index in [0.717, 1.165) is 18.4 Å². The predicted octanol–water partition coefficient (Wildman–Crippen LogP) is 15.5. The Labute approximate surface area is 318 Å². The van der Waals surface area contributed by atoms with Crippen LogP contribution >= 0.6 is 0 Å². The first-order valence-corrected chi connectivity index (χ1v) is 22.8. The predicted molar refractivity (Wildman–Crippen MR) is 224 cm³/mol. The van der Waals surface area contributed by atoms with Crippen LogP contribution in [0.5, 0.6) is 0 Å². The number of ketones is 1. The number of aromatic nitrogens is 1. The first-order chi connectivity index (χ1) is 25.3. The number of rotatable bonds is 37. The summed E-state index contributed by atoms with van der Waals surface area (Å²) in [5.41, 5.74) is 3.71. The fourth-order valence-electron chi connectivity index (χ4n) is 7.89. The summed E-state index contributed by atoms with van der Waals surface area (Å²) in [6.07, 6.45) is 49.3. The molecule has 0 amide bonds. The lowest BCUT2D eigenvalue weighted by Crippen LogP contribution is -2.42. The van der Waals surface area contributed by atoms with Gasteiger partial charge in [-0.3, -0.25) is 4.79 Å². The first kappa shape index (κ1) is 45.2. The van der Waals surface area contributed by atoms with E-state index < -0.39 is 0 Å². The standard InChI is InChI=1S/C49H84NO/c1-3-5-7-9-11-13-15-17-19-21-23-25-27-29-31-34-39-46-42-38-44-50(45-49(51)47-40-35-33-36-41-47)48(46)43-37-32-30-28-26-24-22-20-18-16-14-12-10-8-6-4-2/h33,35-36,38,40-42,44H,3-32,34,37,39,43,45H2,1-2H3/q+1. The van der Waals surface area contributed by atoms with Crippen molar-refractivity contribution >= 4 is 5.78 Å². The number of pyridine rings is 1. The zero-order valence-corrected chi connectivity index (χ0v) is 34.2. The molecule has 0 unspecified atom stereocenters. The topological polar surface area (TPSA) is 20.9 Å². The summed E-state index contributed by atoms with van der Waals surface area (Å²) in [6, 6.07) is 14.4. The van der Waals surface area contributed by atoms with Crippen LogP contribution in [0.3, 0.4) is 0 Å². The summed E-state index contributed by atoms with van der Waals surface area (Å²) >= 11 is 0. The van der Waals surface area contributed by atoms with Crippen LogP contribution in [0.15, 0.2) is 48.7 Å². The van der Waals surface area contributed by atoms with Crippen LogP contribution in [0.2, 0.25) is 0 Å². The van der Waals surface area contributed by atoms with Gasteiger partial charge in [0.05, 0.1) is 0 Å². The number of unbranched alkanes of at least 4 members (excludes halogenated alkanes) is 30. The highest BCUT2D eigenvalue weighted by atomic mass is 16.1. The van der Waals surface area contributed by atoms with E-state index in [1.54, 1.807) is 0 Å². The molecule has 1 heterocycles. The molecule has 1 aromatic carbocycles. The number of hydrogen-bond donors (Lipinski definition) is 0. The van der Waals surface area contributed by atoms with Crippen molar-refractivity contribution in [3.63, 3.8) is 0 Å². The van der Waals surface area contributed by atoms with Gasteiger partial charge in [0.25, 0.3) is 0 Å². The van der Waals surface area contributed by atoms with Gasteiger partial charge in [-0.15, -0.1) is 0 Å². The fraction of sp³-hybridized carbons (Fsp3) is 0.755. The molecule has 0 atom stereocenters. The molecule has 2 nitrogen and oxygen atoms in total. The number of hydrogen-bond acceptors (Lipinski definition) is 1. The van der Waals surface area contributed by atoms with E-state index in [9.17, 15) is 4.79 Å². The molecule has 0 aliphatic rings. The second-order valence-electron chi connectivity index (χ2n) is 16.0. The lowest BCUT2D eigenvalue weighted by atomic mass is 9.99. The van der Waals surface area contributed by atoms with Crippen molar-refractivity contribution in [2.45, 2.75) is 239 Å². The first-order valence-electron chi connectivity index (χ1n) is 22.8. The maximum absolute atomic E-state index is 13.2. The van der Waals surface area contributed by atoms with E-state index in [1.807, 2.05) is 30.3 Å². The smallest absolute Gasteiger partial charge is 0.227 e. The number of nitrogens with zero attached hydrogens (tertiary/aromatic N) is 1. The number of Topliss-reactive ketones (excluding diaryl/α,β-unsaturated/α-hetero) is 1. The molecule has 2 heteroatoms. The van der Waals surface area contributed by atoms with E-state index in [0.29, 0.717) is 6.54 Å². The van der Waals surface area contributed by atoms with Crippen LogP contribution in [0.1, 0.15) is 241 Å². The SMILES string of the molecule is CCCCCCCCCCCCCCCCCCc1ccc[n+](CC(=O)c2ccccc2)c1CCCCCCCCCCCCCCCCCC. The molecule has 2 aromatic rings. The molecular formula is C49H84NO+. The largest absolute Gasteiger partial charge is 0.287 e.